The lowest BCUT2D eigenvalue weighted by molar-refractivity contribution is 0.0462. The SMILES string of the molecule is Cc1cccn2cc(COC(=O)c3n[nH]c(=O)c4ccccc34)nc12. The molecule has 0 saturated carbocycles. The summed E-state index contributed by atoms with van der Waals surface area (Å²) in [5, 5.41) is 7.02. The molecule has 7 heteroatoms. The molecular formula is C18H14N4O3. The number of carbonyl (C=O) groups is 1. The maximum atomic E-state index is 12.4. The smallest absolute Gasteiger partial charge is 0.359 e. The zero-order valence-electron chi connectivity index (χ0n) is 13.4. The number of aromatic amines is 1. The van der Waals surface area contributed by atoms with Gasteiger partial charge in [-0.3, -0.25) is 4.79 Å². The molecule has 7 nitrogen and oxygen atoms in total. The molecule has 0 amide bonds. The second-order valence-corrected chi connectivity index (χ2v) is 5.68. The van der Waals surface area contributed by atoms with Crippen LogP contribution in [-0.4, -0.2) is 25.6 Å². The van der Waals surface area contributed by atoms with Crippen LogP contribution in [0.3, 0.4) is 0 Å². The van der Waals surface area contributed by atoms with Gasteiger partial charge < -0.3 is 9.14 Å². The number of hydrogen-bond donors (Lipinski definition) is 1. The molecule has 0 aliphatic carbocycles. The number of aryl methyl sites for hydroxylation is 1. The predicted octanol–water partition coefficient (Wildman–Crippen LogP) is 2.24. The van der Waals surface area contributed by atoms with E-state index < -0.39 is 5.97 Å². The molecule has 0 aliphatic heterocycles. The van der Waals surface area contributed by atoms with Crippen LogP contribution in [0.2, 0.25) is 0 Å². The molecule has 0 unspecified atom stereocenters. The third-order valence-corrected chi connectivity index (χ3v) is 3.97. The van der Waals surface area contributed by atoms with E-state index in [0.717, 1.165) is 11.2 Å². The fourth-order valence-electron chi connectivity index (χ4n) is 2.75. The lowest BCUT2D eigenvalue weighted by Crippen LogP contribution is -2.16. The van der Waals surface area contributed by atoms with Crippen LogP contribution in [0.15, 0.2) is 53.6 Å². The van der Waals surface area contributed by atoms with Crippen LogP contribution in [0.1, 0.15) is 21.7 Å². The normalized spacial score (nSPS) is 11.1. The highest BCUT2D eigenvalue weighted by Gasteiger charge is 2.16. The van der Waals surface area contributed by atoms with Gasteiger partial charge in [-0.05, 0) is 24.6 Å². The van der Waals surface area contributed by atoms with Crippen molar-refractivity contribution in [2.24, 2.45) is 0 Å². The Kier molecular flexibility index (Phi) is 3.53. The first kappa shape index (κ1) is 15.1. The van der Waals surface area contributed by atoms with Crippen molar-refractivity contribution in [3.05, 3.63) is 76.1 Å². The summed E-state index contributed by atoms with van der Waals surface area (Å²) >= 11 is 0. The molecule has 0 bridgehead atoms. The Morgan fingerprint density at radius 1 is 1.20 bits per heavy atom. The van der Waals surface area contributed by atoms with Crippen LogP contribution in [-0.2, 0) is 11.3 Å². The van der Waals surface area contributed by atoms with Crippen molar-refractivity contribution in [1.29, 1.82) is 0 Å². The zero-order valence-corrected chi connectivity index (χ0v) is 13.4. The van der Waals surface area contributed by atoms with Gasteiger partial charge in [0, 0.05) is 17.8 Å². The second-order valence-electron chi connectivity index (χ2n) is 5.68. The van der Waals surface area contributed by atoms with Crippen molar-refractivity contribution in [2.75, 3.05) is 0 Å². The highest BCUT2D eigenvalue weighted by molar-refractivity contribution is 6.01. The van der Waals surface area contributed by atoms with Crippen LogP contribution in [0.4, 0.5) is 0 Å². The van der Waals surface area contributed by atoms with E-state index in [9.17, 15) is 9.59 Å². The summed E-state index contributed by atoms with van der Waals surface area (Å²) in [6.07, 6.45) is 3.70. The van der Waals surface area contributed by atoms with Crippen LogP contribution in [0.5, 0.6) is 0 Å². The van der Waals surface area contributed by atoms with Gasteiger partial charge in [-0.1, -0.05) is 24.3 Å². The largest absolute Gasteiger partial charge is 0.454 e. The van der Waals surface area contributed by atoms with Crippen molar-refractivity contribution >= 4 is 22.4 Å². The fourth-order valence-corrected chi connectivity index (χ4v) is 2.75. The van der Waals surface area contributed by atoms with E-state index in [1.807, 2.05) is 35.9 Å². The maximum Gasteiger partial charge on any atom is 0.359 e. The number of fused-ring (bicyclic) bond motifs is 2. The molecule has 124 valence electrons. The topological polar surface area (TPSA) is 89.4 Å². The van der Waals surface area contributed by atoms with Gasteiger partial charge >= 0.3 is 5.97 Å². The van der Waals surface area contributed by atoms with E-state index in [0.29, 0.717) is 16.5 Å². The van der Waals surface area contributed by atoms with Gasteiger partial charge in [0.2, 0.25) is 0 Å². The summed E-state index contributed by atoms with van der Waals surface area (Å²) in [4.78, 5) is 28.6. The summed E-state index contributed by atoms with van der Waals surface area (Å²) in [7, 11) is 0. The van der Waals surface area contributed by atoms with E-state index >= 15 is 0 Å². The van der Waals surface area contributed by atoms with Crippen LogP contribution < -0.4 is 5.56 Å². The van der Waals surface area contributed by atoms with Gasteiger partial charge in [0.05, 0.1) is 11.1 Å². The molecule has 4 rings (SSSR count). The Morgan fingerprint density at radius 3 is 2.80 bits per heavy atom. The Morgan fingerprint density at radius 2 is 2.00 bits per heavy atom. The van der Waals surface area contributed by atoms with Crippen molar-refractivity contribution in [1.82, 2.24) is 19.6 Å². The molecule has 4 aromatic rings. The first-order valence-corrected chi connectivity index (χ1v) is 7.71. The van der Waals surface area contributed by atoms with Gasteiger partial charge in [0.15, 0.2) is 5.69 Å². The quantitative estimate of drug-likeness (QED) is 0.580. The Labute approximate surface area is 141 Å². The van der Waals surface area contributed by atoms with E-state index in [1.165, 1.54) is 0 Å². The molecule has 0 radical (unpaired) electrons. The number of nitrogens with zero attached hydrogens (tertiary/aromatic N) is 3. The number of ether oxygens (including phenoxy) is 1. The number of carbonyl (C=O) groups excluding carboxylic acids is 1. The lowest BCUT2D eigenvalue weighted by Gasteiger charge is -2.04. The first-order chi connectivity index (χ1) is 12.1. The summed E-state index contributed by atoms with van der Waals surface area (Å²) in [6.45, 7) is 1.99. The molecule has 0 spiro atoms. The monoisotopic (exact) mass is 334 g/mol. The Hall–Kier alpha value is -3.48. The molecule has 0 saturated heterocycles. The molecule has 3 aromatic heterocycles. The molecule has 25 heavy (non-hydrogen) atoms. The predicted molar refractivity (Wildman–Crippen MR) is 91.4 cm³/mol. The average Bonchev–Trinajstić information content (AvgIpc) is 3.05. The number of rotatable bonds is 3. The van der Waals surface area contributed by atoms with E-state index in [2.05, 4.69) is 15.2 Å². The Balaban J connectivity index is 1.61. The summed E-state index contributed by atoms with van der Waals surface area (Å²) in [5.41, 5.74) is 2.23. The van der Waals surface area contributed by atoms with Crippen molar-refractivity contribution in [3.8, 4) is 0 Å². The molecule has 0 atom stereocenters. The number of nitrogens with one attached hydrogen (secondary N) is 1. The molecular weight excluding hydrogens is 320 g/mol. The standard InChI is InChI=1S/C18H14N4O3/c1-11-5-4-8-22-9-12(19-16(11)22)10-25-18(24)15-13-6-2-3-7-14(13)17(23)21-20-15/h2-9H,10H2,1H3,(H,21,23). The lowest BCUT2D eigenvalue weighted by atomic mass is 10.1. The summed E-state index contributed by atoms with van der Waals surface area (Å²) in [5.74, 6) is -0.610. The number of pyridine rings is 1. The number of benzene rings is 1. The van der Waals surface area contributed by atoms with E-state index in [-0.39, 0.29) is 17.9 Å². The third-order valence-electron chi connectivity index (χ3n) is 3.97. The number of esters is 1. The maximum absolute atomic E-state index is 12.4. The van der Waals surface area contributed by atoms with Crippen molar-refractivity contribution in [3.63, 3.8) is 0 Å². The minimum Gasteiger partial charge on any atom is -0.454 e. The van der Waals surface area contributed by atoms with Gasteiger partial charge in [-0.25, -0.2) is 14.9 Å². The zero-order chi connectivity index (χ0) is 17.4. The summed E-state index contributed by atoms with van der Waals surface area (Å²) < 4.78 is 7.21. The van der Waals surface area contributed by atoms with Gasteiger partial charge in [-0.15, -0.1) is 0 Å². The molecule has 1 aromatic carbocycles. The van der Waals surface area contributed by atoms with Gasteiger partial charge in [0.1, 0.15) is 12.3 Å². The van der Waals surface area contributed by atoms with E-state index in [4.69, 9.17) is 4.74 Å². The molecule has 0 aliphatic rings. The minimum atomic E-state index is -0.610. The van der Waals surface area contributed by atoms with Crippen LogP contribution >= 0.6 is 0 Å². The van der Waals surface area contributed by atoms with Gasteiger partial charge in [0.25, 0.3) is 5.56 Å². The van der Waals surface area contributed by atoms with Crippen LogP contribution in [0.25, 0.3) is 16.4 Å². The number of imidazole rings is 1. The highest BCUT2D eigenvalue weighted by atomic mass is 16.5. The van der Waals surface area contributed by atoms with Crippen molar-refractivity contribution in [2.45, 2.75) is 13.5 Å². The second kappa shape index (κ2) is 5.86. The number of hydrogen-bond acceptors (Lipinski definition) is 5. The number of aromatic nitrogens is 4. The van der Waals surface area contributed by atoms with Crippen molar-refractivity contribution < 1.29 is 9.53 Å². The molecule has 1 N–H and O–H groups in total. The number of H-pyrrole nitrogens is 1. The minimum absolute atomic E-state index is 0.0229. The molecule has 3 heterocycles. The highest BCUT2D eigenvalue weighted by Crippen LogP contribution is 2.15. The average molecular weight is 334 g/mol. The fraction of sp³-hybridized carbons (Fsp3) is 0.111. The van der Waals surface area contributed by atoms with E-state index in [1.54, 1.807) is 24.3 Å². The molecule has 0 fully saturated rings. The third kappa shape index (κ3) is 2.65. The first-order valence-electron chi connectivity index (χ1n) is 7.71. The summed E-state index contributed by atoms with van der Waals surface area (Å²) in [6, 6.07) is 10.7. The Bertz CT molecular complexity index is 1160. The van der Waals surface area contributed by atoms with Gasteiger partial charge in [-0.2, -0.15) is 5.10 Å². The van der Waals surface area contributed by atoms with Crippen LogP contribution in [0, 0.1) is 6.92 Å².